The van der Waals surface area contributed by atoms with Gasteiger partial charge in [0.2, 0.25) is 0 Å². The Hall–Kier alpha value is -2.56. The molecule has 0 saturated heterocycles. The number of hydrogen-bond acceptors (Lipinski definition) is 4. The summed E-state index contributed by atoms with van der Waals surface area (Å²) in [5.74, 6) is 0.308. The molecular formula is C14H11NO4. The van der Waals surface area contributed by atoms with E-state index in [1.807, 2.05) is 18.2 Å². The molecule has 96 valence electrons. The lowest BCUT2D eigenvalue weighted by Crippen LogP contribution is -2.14. The molecule has 2 aromatic rings. The maximum atomic E-state index is 11.0. The molecule has 1 aromatic carbocycles. The van der Waals surface area contributed by atoms with Gasteiger partial charge in [-0.15, -0.1) is 0 Å². The van der Waals surface area contributed by atoms with E-state index in [0.29, 0.717) is 11.5 Å². The van der Waals surface area contributed by atoms with Gasteiger partial charge in [0.15, 0.2) is 0 Å². The van der Waals surface area contributed by atoms with Crippen LogP contribution in [-0.2, 0) is 4.79 Å². The lowest BCUT2D eigenvalue weighted by Gasteiger charge is -2.17. The van der Waals surface area contributed by atoms with Gasteiger partial charge >= 0.3 is 5.97 Å². The number of fused-ring (bicyclic) bond motifs is 3. The number of benzene rings is 1. The maximum absolute atomic E-state index is 11.0. The van der Waals surface area contributed by atoms with Crippen LogP contribution >= 0.6 is 0 Å². The summed E-state index contributed by atoms with van der Waals surface area (Å²) in [5, 5.41) is 9.86. The number of methoxy groups -OCH3 is 1. The lowest BCUT2D eigenvalue weighted by atomic mass is 10.0. The van der Waals surface area contributed by atoms with E-state index in [9.17, 15) is 4.79 Å². The number of aliphatic carboxylic acids is 1. The van der Waals surface area contributed by atoms with E-state index in [4.69, 9.17) is 14.6 Å². The third-order valence-corrected chi connectivity index (χ3v) is 3.06. The first-order valence-electron chi connectivity index (χ1n) is 5.72. The molecule has 0 saturated carbocycles. The zero-order valence-corrected chi connectivity index (χ0v) is 10.2. The van der Waals surface area contributed by atoms with Gasteiger partial charge in [0.1, 0.15) is 18.1 Å². The molecule has 0 bridgehead atoms. The van der Waals surface area contributed by atoms with E-state index in [1.54, 1.807) is 19.4 Å². The summed E-state index contributed by atoms with van der Waals surface area (Å²) < 4.78 is 10.6. The van der Waals surface area contributed by atoms with E-state index < -0.39 is 5.97 Å². The third kappa shape index (κ3) is 1.89. The lowest BCUT2D eigenvalue weighted by molar-refractivity contribution is -0.132. The van der Waals surface area contributed by atoms with Crippen molar-refractivity contribution in [2.45, 2.75) is 0 Å². The Morgan fingerprint density at radius 3 is 3.05 bits per heavy atom. The van der Waals surface area contributed by atoms with Crippen molar-refractivity contribution >= 4 is 22.9 Å². The van der Waals surface area contributed by atoms with Gasteiger partial charge in [-0.2, -0.15) is 0 Å². The molecule has 1 N–H and O–H groups in total. The Kier molecular flexibility index (Phi) is 2.59. The number of ether oxygens (including phenoxy) is 2. The maximum Gasteiger partial charge on any atom is 0.335 e. The molecule has 0 fully saturated rings. The monoisotopic (exact) mass is 257 g/mol. The first-order chi connectivity index (χ1) is 9.19. The summed E-state index contributed by atoms with van der Waals surface area (Å²) in [4.78, 5) is 15.3. The van der Waals surface area contributed by atoms with Gasteiger partial charge in [-0.3, -0.25) is 4.98 Å². The molecule has 1 aliphatic rings. The molecule has 0 radical (unpaired) electrons. The molecule has 0 aliphatic carbocycles. The van der Waals surface area contributed by atoms with Crippen LogP contribution < -0.4 is 9.47 Å². The van der Waals surface area contributed by atoms with Crippen LogP contribution in [0.3, 0.4) is 0 Å². The number of rotatable bonds is 2. The zero-order valence-electron chi connectivity index (χ0n) is 10.2. The van der Waals surface area contributed by atoms with Crippen molar-refractivity contribution in [3.8, 4) is 11.5 Å². The van der Waals surface area contributed by atoms with Crippen LogP contribution in [0.15, 0.2) is 30.0 Å². The Labute approximate surface area is 109 Å². The Bertz CT molecular complexity index is 706. The van der Waals surface area contributed by atoms with Gasteiger partial charge < -0.3 is 14.6 Å². The molecule has 5 heteroatoms. The van der Waals surface area contributed by atoms with E-state index in [-0.39, 0.29) is 12.2 Å². The second kappa shape index (κ2) is 4.28. The van der Waals surface area contributed by atoms with Crippen LogP contribution in [0.1, 0.15) is 5.56 Å². The first-order valence-corrected chi connectivity index (χ1v) is 5.72. The molecule has 3 rings (SSSR count). The summed E-state index contributed by atoms with van der Waals surface area (Å²) in [5.41, 5.74) is 1.72. The van der Waals surface area contributed by atoms with Gasteiger partial charge in [0.25, 0.3) is 0 Å². The highest BCUT2D eigenvalue weighted by Crippen LogP contribution is 2.33. The molecule has 19 heavy (non-hydrogen) atoms. The normalized spacial score (nSPS) is 13.4. The van der Waals surface area contributed by atoms with Crippen LogP contribution in [0.2, 0.25) is 0 Å². The van der Waals surface area contributed by atoms with E-state index >= 15 is 0 Å². The van der Waals surface area contributed by atoms with Crippen molar-refractivity contribution in [2.75, 3.05) is 13.7 Å². The van der Waals surface area contributed by atoms with E-state index in [1.165, 1.54) is 0 Å². The minimum atomic E-state index is -0.974. The largest absolute Gasteiger partial charge is 0.497 e. The molecule has 0 amide bonds. The average molecular weight is 257 g/mol. The standard InChI is InChI=1S/C14H11NO4/c1-18-9-2-3-12-10(5-9)11-4-8(14(16)17)7-19-13(11)6-15-12/h2-6H,7H2,1H3,(H,16,17). The number of aromatic nitrogens is 1. The smallest absolute Gasteiger partial charge is 0.335 e. The summed E-state index contributed by atoms with van der Waals surface area (Å²) in [6.45, 7) is 0.0550. The topological polar surface area (TPSA) is 68.7 Å². The quantitative estimate of drug-likeness (QED) is 0.892. The molecule has 5 nitrogen and oxygen atoms in total. The minimum Gasteiger partial charge on any atom is -0.497 e. The summed E-state index contributed by atoms with van der Waals surface area (Å²) >= 11 is 0. The van der Waals surface area contributed by atoms with Gasteiger partial charge in [0, 0.05) is 10.9 Å². The Morgan fingerprint density at radius 2 is 2.32 bits per heavy atom. The second-order valence-electron chi connectivity index (χ2n) is 4.18. The van der Waals surface area contributed by atoms with Gasteiger partial charge in [-0.05, 0) is 24.3 Å². The number of pyridine rings is 1. The Morgan fingerprint density at radius 1 is 1.47 bits per heavy atom. The van der Waals surface area contributed by atoms with Crippen LogP contribution in [-0.4, -0.2) is 29.8 Å². The third-order valence-electron chi connectivity index (χ3n) is 3.06. The summed E-state index contributed by atoms with van der Waals surface area (Å²) in [7, 11) is 1.58. The second-order valence-corrected chi connectivity index (χ2v) is 4.18. The summed E-state index contributed by atoms with van der Waals surface area (Å²) in [6, 6.07) is 5.47. The molecule has 0 atom stereocenters. The number of carboxylic acids is 1. The Balaban J connectivity index is 2.27. The van der Waals surface area contributed by atoms with Crippen molar-refractivity contribution in [2.24, 2.45) is 0 Å². The fraction of sp³-hybridized carbons (Fsp3) is 0.143. The predicted molar refractivity (Wildman–Crippen MR) is 69.4 cm³/mol. The highest BCUT2D eigenvalue weighted by Gasteiger charge is 2.19. The fourth-order valence-corrected chi connectivity index (χ4v) is 2.06. The van der Waals surface area contributed by atoms with Gasteiger partial charge in [-0.1, -0.05) is 0 Å². The number of carbonyl (C=O) groups is 1. The van der Waals surface area contributed by atoms with Crippen LogP contribution in [0, 0.1) is 0 Å². The number of nitrogens with zero attached hydrogens (tertiary/aromatic N) is 1. The zero-order chi connectivity index (χ0) is 13.4. The molecule has 1 aromatic heterocycles. The van der Waals surface area contributed by atoms with Crippen molar-refractivity contribution in [1.29, 1.82) is 0 Å². The number of carboxylic acid groups (broad SMARTS) is 1. The van der Waals surface area contributed by atoms with E-state index in [0.717, 1.165) is 16.5 Å². The molecule has 1 aliphatic heterocycles. The van der Waals surface area contributed by atoms with Crippen LogP contribution in [0.4, 0.5) is 0 Å². The van der Waals surface area contributed by atoms with Gasteiger partial charge in [0.05, 0.1) is 24.4 Å². The van der Waals surface area contributed by atoms with Crippen molar-refractivity contribution in [3.05, 3.63) is 35.5 Å². The highest BCUT2D eigenvalue weighted by molar-refractivity contribution is 5.99. The predicted octanol–water partition coefficient (Wildman–Crippen LogP) is 2.10. The number of hydrogen-bond donors (Lipinski definition) is 1. The SMILES string of the molecule is COc1ccc2ncc3c(c2c1)C=C(C(=O)O)CO3. The minimum absolute atomic E-state index is 0.0550. The molecule has 0 unspecified atom stereocenters. The van der Waals surface area contributed by atoms with Crippen molar-refractivity contribution in [1.82, 2.24) is 4.98 Å². The van der Waals surface area contributed by atoms with E-state index in [2.05, 4.69) is 4.98 Å². The fourth-order valence-electron chi connectivity index (χ4n) is 2.06. The summed E-state index contributed by atoms with van der Waals surface area (Å²) in [6.07, 6.45) is 3.24. The van der Waals surface area contributed by atoms with Crippen LogP contribution in [0.5, 0.6) is 11.5 Å². The molecular weight excluding hydrogens is 246 g/mol. The molecule has 0 spiro atoms. The van der Waals surface area contributed by atoms with Crippen LogP contribution in [0.25, 0.3) is 17.0 Å². The highest BCUT2D eigenvalue weighted by atomic mass is 16.5. The first kappa shape index (κ1) is 11.5. The molecule has 2 heterocycles. The van der Waals surface area contributed by atoms with Crippen molar-refractivity contribution in [3.63, 3.8) is 0 Å². The van der Waals surface area contributed by atoms with Gasteiger partial charge in [-0.25, -0.2) is 4.79 Å². The average Bonchev–Trinajstić information content (AvgIpc) is 2.45. The van der Waals surface area contributed by atoms with Crippen molar-refractivity contribution < 1.29 is 19.4 Å².